The zero-order valence-electron chi connectivity index (χ0n) is 9.63. The number of unbranched alkanes of at least 4 members (excludes halogenated alkanes) is 7. The molecule has 0 fully saturated rings. The van der Waals surface area contributed by atoms with Gasteiger partial charge in [-0.2, -0.15) is 0 Å². The summed E-state index contributed by atoms with van der Waals surface area (Å²) in [6.45, 7) is 2.33. The van der Waals surface area contributed by atoms with E-state index in [0.717, 1.165) is 19.3 Å². The molecular weight excluding hydrogens is 172 g/mol. The van der Waals surface area contributed by atoms with Crippen LogP contribution >= 0.6 is 0 Å². The maximum Gasteiger partial charge on any atom is 0.0822 e. The fourth-order valence-corrected chi connectivity index (χ4v) is 1.47. The van der Waals surface area contributed by atoms with Crippen LogP contribution in [0.1, 0.15) is 64.7 Å². The van der Waals surface area contributed by atoms with Crippen molar-refractivity contribution >= 4 is 0 Å². The van der Waals surface area contributed by atoms with Crippen molar-refractivity contribution in [2.75, 3.05) is 6.61 Å². The van der Waals surface area contributed by atoms with E-state index in [-0.39, 0.29) is 6.61 Å². The summed E-state index contributed by atoms with van der Waals surface area (Å²) in [6.07, 6.45) is 15.5. The van der Waals surface area contributed by atoms with E-state index in [0.29, 0.717) is 0 Å². The molecular formula is C13H25O. The summed E-state index contributed by atoms with van der Waals surface area (Å²) in [4.78, 5) is 0. The summed E-state index contributed by atoms with van der Waals surface area (Å²) in [5.41, 5.74) is 0. The number of rotatable bonds is 10. The van der Waals surface area contributed by atoms with Crippen LogP contribution in [0, 0.1) is 0 Å². The van der Waals surface area contributed by atoms with Crippen molar-refractivity contribution in [3.05, 3.63) is 12.2 Å². The molecule has 0 saturated carbocycles. The van der Waals surface area contributed by atoms with Crippen LogP contribution in [-0.2, 0) is 5.11 Å². The molecule has 1 heteroatoms. The van der Waals surface area contributed by atoms with Crippen LogP contribution in [0.25, 0.3) is 0 Å². The van der Waals surface area contributed by atoms with E-state index in [2.05, 4.69) is 19.1 Å². The molecule has 0 bridgehead atoms. The lowest BCUT2D eigenvalue weighted by Crippen LogP contribution is -1.79. The van der Waals surface area contributed by atoms with Crippen LogP contribution in [0.4, 0.5) is 0 Å². The fourth-order valence-electron chi connectivity index (χ4n) is 1.47. The molecule has 0 aromatic heterocycles. The fraction of sp³-hybridized carbons (Fsp3) is 0.846. The third-order valence-corrected chi connectivity index (χ3v) is 2.41. The third-order valence-electron chi connectivity index (χ3n) is 2.41. The molecule has 1 nitrogen and oxygen atoms in total. The van der Waals surface area contributed by atoms with Gasteiger partial charge in [0.2, 0.25) is 0 Å². The zero-order valence-corrected chi connectivity index (χ0v) is 9.63. The molecule has 0 aromatic rings. The molecule has 0 aliphatic heterocycles. The van der Waals surface area contributed by atoms with Gasteiger partial charge in [-0.15, -0.1) is 0 Å². The summed E-state index contributed by atoms with van der Waals surface area (Å²) >= 11 is 0. The van der Waals surface area contributed by atoms with Gasteiger partial charge in [-0.3, -0.25) is 0 Å². The van der Waals surface area contributed by atoms with E-state index in [1.807, 2.05) is 0 Å². The van der Waals surface area contributed by atoms with Crippen LogP contribution < -0.4 is 0 Å². The lowest BCUT2D eigenvalue weighted by molar-refractivity contribution is 0.187. The van der Waals surface area contributed by atoms with Gasteiger partial charge in [0.1, 0.15) is 0 Å². The molecule has 0 aliphatic rings. The molecule has 1 radical (unpaired) electrons. The molecule has 0 aromatic carbocycles. The van der Waals surface area contributed by atoms with E-state index in [1.54, 1.807) is 0 Å². The minimum Gasteiger partial charge on any atom is -0.237 e. The zero-order chi connectivity index (χ0) is 10.5. The molecule has 14 heavy (non-hydrogen) atoms. The minimum absolute atomic E-state index is 0.0882. The Morgan fingerprint density at radius 3 is 1.93 bits per heavy atom. The standard InChI is InChI=1S/C13H25O/c1-2-3-4-5-6-7-8-9-10-11-12-13-14/h8-9H,2-7,10-13H2,1H3. The number of allylic oxidation sites excluding steroid dienone is 2. The van der Waals surface area contributed by atoms with Crippen molar-refractivity contribution in [3.63, 3.8) is 0 Å². The molecule has 0 saturated heterocycles. The highest BCUT2D eigenvalue weighted by Gasteiger charge is 1.86. The molecule has 83 valence electrons. The van der Waals surface area contributed by atoms with Gasteiger partial charge >= 0.3 is 0 Å². The first kappa shape index (κ1) is 13.7. The molecule has 0 heterocycles. The van der Waals surface area contributed by atoms with Gasteiger partial charge in [0.05, 0.1) is 6.61 Å². The van der Waals surface area contributed by atoms with E-state index >= 15 is 0 Å². The lowest BCUT2D eigenvalue weighted by Gasteiger charge is -1.96. The number of hydrogen-bond donors (Lipinski definition) is 0. The maximum atomic E-state index is 10.1. The van der Waals surface area contributed by atoms with Crippen LogP contribution in [0.5, 0.6) is 0 Å². The average molecular weight is 197 g/mol. The van der Waals surface area contributed by atoms with Gasteiger partial charge in [0.25, 0.3) is 0 Å². The second kappa shape index (κ2) is 12.7. The normalized spacial score (nSPS) is 11.3. The van der Waals surface area contributed by atoms with Crippen molar-refractivity contribution < 1.29 is 5.11 Å². The van der Waals surface area contributed by atoms with Crippen LogP contribution in [-0.4, -0.2) is 6.61 Å². The van der Waals surface area contributed by atoms with E-state index in [1.165, 1.54) is 38.5 Å². The molecule has 0 atom stereocenters. The first-order valence-electron chi connectivity index (χ1n) is 6.15. The predicted octanol–water partition coefficient (Wildman–Crippen LogP) is 4.50. The van der Waals surface area contributed by atoms with Crippen LogP contribution in [0.3, 0.4) is 0 Å². The largest absolute Gasteiger partial charge is 0.237 e. The topological polar surface area (TPSA) is 19.9 Å². The van der Waals surface area contributed by atoms with E-state index in [4.69, 9.17) is 0 Å². The Kier molecular flexibility index (Phi) is 12.4. The minimum atomic E-state index is 0.0882. The lowest BCUT2D eigenvalue weighted by atomic mass is 10.1. The Balaban J connectivity index is 2.96. The SMILES string of the molecule is CCCCCCCC=CCCCC[O]. The Morgan fingerprint density at radius 1 is 0.786 bits per heavy atom. The first-order valence-corrected chi connectivity index (χ1v) is 6.15. The van der Waals surface area contributed by atoms with Crippen LogP contribution in [0.2, 0.25) is 0 Å². The van der Waals surface area contributed by atoms with Gasteiger partial charge in [-0.25, -0.2) is 5.11 Å². The quantitative estimate of drug-likeness (QED) is 0.363. The Morgan fingerprint density at radius 2 is 1.36 bits per heavy atom. The Labute approximate surface area is 89.2 Å². The van der Waals surface area contributed by atoms with Crippen molar-refractivity contribution in [1.29, 1.82) is 0 Å². The molecule has 0 rings (SSSR count). The van der Waals surface area contributed by atoms with Crippen LogP contribution in [0.15, 0.2) is 12.2 Å². The van der Waals surface area contributed by atoms with Crippen molar-refractivity contribution in [1.82, 2.24) is 0 Å². The Bertz CT molecular complexity index is 118. The second-order valence-electron chi connectivity index (χ2n) is 3.87. The highest BCUT2D eigenvalue weighted by atomic mass is 16.2. The highest BCUT2D eigenvalue weighted by molar-refractivity contribution is 4.81. The highest BCUT2D eigenvalue weighted by Crippen LogP contribution is 2.06. The second-order valence-corrected chi connectivity index (χ2v) is 3.87. The van der Waals surface area contributed by atoms with Gasteiger partial charge in [-0.1, -0.05) is 44.8 Å². The average Bonchev–Trinajstić information content (AvgIpc) is 2.21. The van der Waals surface area contributed by atoms with Crippen molar-refractivity contribution in [2.45, 2.75) is 64.7 Å². The molecule has 0 spiro atoms. The van der Waals surface area contributed by atoms with E-state index < -0.39 is 0 Å². The summed E-state index contributed by atoms with van der Waals surface area (Å²) in [5.74, 6) is 0. The van der Waals surface area contributed by atoms with Gasteiger partial charge in [0.15, 0.2) is 0 Å². The van der Waals surface area contributed by atoms with Crippen molar-refractivity contribution in [2.24, 2.45) is 0 Å². The number of hydrogen-bond acceptors (Lipinski definition) is 0. The third kappa shape index (κ3) is 11.7. The van der Waals surface area contributed by atoms with Gasteiger partial charge < -0.3 is 0 Å². The van der Waals surface area contributed by atoms with Crippen molar-refractivity contribution in [3.8, 4) is 0 Å². The monoisotopic (exact) mass is 197 g/mol. The summed E-state index contributed by atoms with van der Waals surface area (Å²) in [6, 6.07) is 0. The molecule has 0 amide bonds. The maximum absolute atomic E-state index is 10.1. The Hall–Kier alpha value is -0.300. The molecule has 0 N–H and O–H groups in total. The predicted molar refractivity (Wildman–Crippen MR) is 61.9 cm³/mol. The molecule has 0 aliphatic carbocycles. The molecule has 0 unspecified atom stereocenters. The first-order chi connectivity index (χ1) is 6.91. The van der Waals surface area contributed by atoms with Gasteiger partial charge in [0, 0.05) is 0 Å². The van der Waals surface area contributed by atoms with Gasteiger partial charge in [-0.05, 0) is 32.1 Å². The smallest absolute Gasteiger partial charge is 0.0822 e. The summed E-state index contributed by atoms with van der Waals surface area (Å²) in [5, 5.41) is 10.1. The summed E-state index contributed by atoms with van der Waals surface area (Å²) < 4.78 is 0. The van der Waals surface area contributed by atoms with E-state index in [9.17, 15) is 5.11 Å². The summed E-state index contributed by atoms with van der Waals surface area (Å²) in [7, 11) is 0.